The summed E-state index contributed by atoms with van der Waals surface area (Å²) in [5.41, 5.74) is 0.958. The maximum atomic E-state index is 12.4. The van der Waals surface area contributed by atoms with Crippen LogP contribution in [0.4, 0.5) is 5.69 Å². The number of nitrogens with one attached hydrogen (secondary N) is 1. The van der Waals surface area contributed by atoms with Crippen LogP contribution in [0.1, 0.15) is 30.1 Å². The van der Waals surface area contributed by atoms with E-state index < -0.39 is 18.0 Å². The fraction of sp³-hybridized carbons (Fsp3) is 0.222. The zero-order valence-corrected chi connectivity index (χ0v) is 19.2. The Hall–Kier alpha value is -4.33. The minimum Gasteiger partial charge on any atom is -0.486 e. The van der Waals surface area contributed by atoms with Crippen LogP contribution in [0.25, 0.3) is 0 Å². The third kappa shape index (κ3) is 6.60. The van der Waals surface area contributed by atoms with E-state index in [0.29, 0.717) is 47.5 Å². The van der Waals surface area contributed by atoms with Crippen molar-refractivity contribution >= 4 is 23.3 Å². The van der Waals surface area contributed by atoms with Crippen LogP contribution in [-0.2, 0) is 14.3 Å². The van der Waals surface area contributed by atoms with Gasteiger partial charge in [0.15, 0.2) is 23.4 Å². The second kappa shape index (κ2) is 11.2. The quantitative estimate of drug-likeness (QED) is 0.351. The van der Waals surface area contributed by atoms with Gasteiger partial charge in [-0.1, -0.05) is 18.2 Å². The molecule has 0 aromatic heterocycles. The van der Waals surface area contributed by atoms with Crippen molar-refractivity contribution < 1.29 is 33.3 Å². The summed E-state index contributed by atoms with van der Waals surface area (Å²) in [6.07, 6.45) is -1.21. The first-order chi connectivity index (χ1) is 17.0. The Labute approximate surface area is 202 Å². The van der Waals surface area contributed by atoms with Gasteiger partial charge in [0.1, 0.15) is 24.7 Å². The van der Waals surface area contributed by atoms with E-state index in [1.54, 1.807) is 42.5 Å². The molecule has 8 heteroatoms. The van der Waals surface area contributed by atoms with Crippen molar-refractivity contribution in [3.05, 3.63) is 78.4 Å². The number of anilines is 1. The van der Waals surface area contributed by atoms with E-state index >= 15 is 0 Å². The van der Waals surface area contributed by atoms with Crippen molar-refractivity contribution in [2.45, 2.75) is 25.9 Å². The van der Waals surface area contributed by atoms with E-state index in [1.807, 2.05) is 30.3 Å². The van der Waals surface area contributed by atoms with E-state index in [1.165, 1.54) is 6.92 Å². The third-order valence-corrected chi connectivity index (χ3v) is 5.20. The molecule has 1 unspecified atom stereocenters. The maximum Gasteiger partial charge on any atom is 0.307 e. The lowest BCUT2D eigenvalue weighted by molar-refractivity contribution is -0.153. The first-order valence-corrected chi connectivity index (χ1v) is 11.2. The summed E-state index contributed by atoms with van der Waals surface area (Å²) in [7, 11) is 0. The molecule has 3 aromatic rings. The minimum atomic E-state index is -1.02. The topological polar surface area (TPSA) is 100 Å². The SMILES string of the molecule is CC(OC(=O)CCC(=O)c1ccc2c(c1)OCCO2)C(=O)Nc1ccc(Oc2ccccc2)cc1. The van der Waals surface area contributed by atoms with Crippen molar-refractivity contribution in [2.24, 2.45) is 0 Å². The normalized spacial score (nSPS) is 12.8. The Morgan fingerprint density at radius 1 is 0.857 bits per heavy atom. The number of ketones is 1. The average molecular weight is 475 g/mol. The van der Waals surface area contributed by atoms with E-state index in [2.05, 4.69) is 5.32 Å². The van der Waals surface area contributed by atoms with Crippen LogP contribution in [0.5, 0.6) is 23.0 Å². The number of hydrogen-bond acceptors (Lipinski definition) is 7. The fourth-order valence-corrected chi connectivity index (χ4v) is 3.36. The molecule has 1 N–H and O–H groups in total. The molecule has 0 saturated carbocycles. The molecule has 1 amide bonds. The third-order valence-electron chi connectivity index (χ3n) is 5.20. The smallest absolute Gasteiger partial charge is 0.307 e. The van der Waals surface area contributed by atoms with Gasteiger partial charge in [-0.05, 0) is 61.5 Å². The van der Waals surface area contributed by atoms with Gasteiger partial charge in [-0.15, -0.1) is 0 Å². The summed E-state index contributed by atoms with van der Waals surface area (Å²) < 4.78 is 21.8. The molecule has 8 nitrogen and oxygen atoms in total. The Bertz CT molecular complexity index is 1190. The Kier molecular flexibility index (Phi) is 7.62. The molecule has 35 heavy (non-hydrogen) atoms. The molecular formula is C27H25NO7. The highest BCUT2D eigenvalue weighted by Crippen LogP contribution is 2.31. The number of fused-ring (bicyclic) bond motifs is 1. The van der Waals surface area contributed by atoms with E-state index in [4.69, 9.17) is 18.9 Å². The summed E-state index contributed by atoms with van der Waals surface area (Å²) in [5.74, 6) is 1.08. The second-order valence-corrected chi connectivity index (χ2v) is 7.84. The van der Waals surface area contributed by atoms with Crippen LogP contribution in [-0.4, -0.2) is 37.0 Å². The van der Waals surface area contributed by atoms with Crippen LogP contribution >= 0.6 is 0 Å². The highest BCUT2D eigenvalue weighted by molar-refractivity contribution is 5.98. The summed E-state index contributed by atoms with van der Waals surface area (Å²) in [6, 6.07) is 21.1. The lowest BCUT2D eigenvalue weighted by Crippen LogP contribution is -2.30. The number of benzene rings is 3. The van der Waals surface area contributed by atoms with Gasteiger partial charge in [0.2, 0.25) is 0 Å². The van der Waals surface area contributed by atoms with Crippen molar-refractivity contribution in [1.82, 2.24) is 0 Å². The number of carbonyl (C=O) groups excluding carboxylic acids is 3. The Morgan fingerprint density at radius 3 is 2.29 bits per heavy atom. The molecule has 4 rings (SSSR count). The monoisotopic (exact) mass is 475 g/mol. The van der Waals surface area contributed by atoms with Crippen LogP contribution in [0.2, 0.25) is 0 Å². The average Bonchev–Trinajstić information content (AvgIpc) is 2.88. The highest BCUT2D eigenvalue weighted by Gasteiger charge is 2.20. The van der Waals surface area contributed by atoms with Crippen molar-refractivity contribution in [3.63, 3.8) is 0 Å². The van der Waals surface area contributed by atoms with Gasteiger partial charge in [0.05, 0.1) is 6.42 Å². The van der Waals surface area contributed by atoms with Gasteiger partial charge in [-0.2, -0.15) is 0 Å². The Morgan fingerprint density at radius 2 is 1.54 bits per heavy atom. The largest absolute Gasteiger partial charge is 0.486 e. The first-order valence-electron chi connectivity index (χ1n) is 11.2. The number of Topliss-reactive ketones (excluding diaryl/α,β-unsaturated/α-hetero) is 1. The predicted octanol–water partition coefficient (Wildman–Crippen LogP) is 4.78. The highest BCUT2D eigenvalue weighted by atomic mass is 16.6. The van der Waals surface area contributed by atoms with E-state index in [0.717, 1.165) is 0 Å². The van der Waals surface area contributed by atoms with Gasteiger partial charge < -0.3 is 24.3 Å². The first kappa shape index (κ1) is 23.8. The molecule has 0 spiro atoms. The van der Waals surface area contributed by atoms with Gasteiger partial charge in [0, 0.05) is 17.7 Å². The molecule has 1 aliphatic rings. The Balaban J connectivity index is 1.22. The molecule has 0 radical (unpaired) electrons. The summed E-state index contributed by atoms with van der Waals surface area (Å²) >= 11 is 0. The van der Waals surface area contributed by atoms with Crippen LogP contribution in [0, 0.1) is 0 Å². The molecular weight excluding hydrogens is 450 g/mol. The van der Waals surface area contributed by atoms with Crippen LogP contribution in [0.15, 0.2) is 72.8 Å². The molecule has 3 aromatic carbocycles. The zero-order chi connectivity index (χ0) is 24.6. The molecule has 0 fully saturated rings. The number of ether oxygens (including phenoxy) is 4. The van der Waals surface area contributed by atoms with Gasteiger partial charge in [-0.3, -0.25) is 14.4 Å². The summed E-state index contributed by atoms with van der Waals surface area (Å²) in [5, 5.41) is 2.69. The molecule has 1 heterocycles. The zero-order valence-electron chi connectivity index (χ0n) is 19.2. The maximum absolute atomic E-state index is 12.4. The van der Waals surface area contributed by atoms with Crippen LogP contribution < -0.4 is 19.5 Å². The standard InChI is InChI=1S/C27H25NO7/c1-18(27(31)28-20-8-10-22(11-9-20)35-21-5-3-2-4-6-21)34-26(30)14-12-23(29)19-7-13-24-25(17-19)33-16-15-32-24/h2-11,13,17-18H,12,14-16H2,1H3,(H,28,31). The number of hydrogen-bond donors (Lipinski definition) is 1. The number of amides is 1. The molecule has 1 aliphatic heterocycles. The van der Waals surface area contributed by atoms with Gasteiger partial charge in [0.25, 0.3) is 5.91 Å². The number of rotatable bonds is 9. The number of esters is 1. The van der Waals surface area contributed by atoms with E-state index in [9.17, 15) is 14.4 Å². The second-order valence-electron chi connectivity index (χ2n) is 7.84. The number of carbonyl (C=O) groups is 3. The fourth-order valence-electron chi connectivity index (χ4n) is 3.36. The lowest BCUT2D eigenvalue weighted by atomic mass is 10.1. The minimum absolute atomic E-state index is 0.0459. The van der Waals surface area contributed by atoms with Crippen molar-refractivity contribution in [2.75, 3.05) is 18.5 Å². The molecule has 0 aliphatic carbocycles. The summed E-state index contributed by atoms with van der Waals surface area (Å²) in [4.78, 5) is 37.0. The molecule has 1 atom stereocenters. The molecule has 0 saturated heterocycles. The van der Waals surface area contributed by atoms with Gasteiger partial charge in [-0.25, -0.2) is 0 Å². The summed E-state index contributed by atoms with van der Waals surface area (Å²) in [6.45, 7) is 2.36. The lowest BCUT2D eigenvalue weighted by Gasteiger charge is -2.18. The van der Waals surface area contributed by atoms with Crippen LogP contribution in [0.3, 0.4) is 0 Å². The van der Waals surface area contributed by atoms with Gasteiger partial charge >= 0.3 is 5.97 Å². The van der Waals surface area contributed by atoms with Crippen molar-refractivity contribution in [1.29, 1.82) is 0 Å². The van der Waals surface area contributed by atoms with Crippen molar-refractivity contribution in [3.8, 4) is 23.0 Å². The van der Waals surface area contributed by atoms with E-state index in [-0.39, 0.29) is 18.6 Å². The predicted molar refractivity (Wildman–Crippen MR) is 128 cm³/mol. The molecule has 0 bridgehead atoms. The number of para-hydroxylation sites is 1. The molecule has 180 valence electrons.